The first kappa shape index (κ1) is 16.2. The van der Waals surface area contributed by atoms with Crippen LogP contribution in [0.25, 0.3) is 0 Å². The number of nitrogens with two attached hydrogens (primary N) is 1. The molecule has 8 heteroatoms. The van der Waals surface area contributed by atoms with Crippen molar-refractivity contribution in [1.82, 2.24) is 0 Å². The molecule has 19 heavy (non-hydrogen) atoms. The summed E-state index contributed by atoms with van der Waals surface area (Å²) < 4.78 is 28.8. The van der Waals surface area contributed by atoms with Gasteiger partial charge in [0.1, 0.15) is 4.90 Å². The minimum atomic E-state index is -3.92. The molecular formula is C11H12BrClN2O3S. The zero-order valence-electron chi connectivity index (χ0n) is 9.90. The van der Waals surface area contributed by atoms with Gasteiger partial charge in [-0.2, -0.15) is 5.26 Å². The Kier molecular flexibility index (Phi) is 6.07. The van der Waals surface area contributed by atoms with Gasteiger partial charge >= 0.3 is 0 Å². The molecule has 0 unspecified atom stereocenters. The summed E-state index contributed by atoms with van der Waals surface area (Å²) in [6.07, 6.45) is 1.73. The van der Waals surface area contributed by atoms with E-state index in [9.17, 15) is 8.42 Å². The summed E-state index contributed by atoms with van der Waals surface area (Å²) in [5, 5.41) is 13.7. The third-order valence-electron chi connectivity index (χ3n) is 2.21. The second-order valence-electron chi connectivity index (χ2n) is 3.72. The highest BCUT2D eigenvalue weighted by Crippen LogP contribution is 2.35. The molecule has 0 aromatic heterocycles. The highest BCUT2D eigenvalue weighted by Gasteiger charge is 2.19. The Balaban J connectivity index is 2.91. The zero-order valence-corrected chi connectivity index (χ0v) is 13.1. The van der Waals surface area contributed by atoms with E-state index in [0.29, 0.717) is 23.7 Å². The van der Waals surface area contributed by atoms with Crippen LogP contribution >= 0.6 is 27.5 Å². The van der Waals surface area contributed by atoms with Gasteiger partial charge in [-0.1, -0.05) is 27.5 Å². The van der Waals surface area contributed by atoms with Gasteiger partial charge < -0.3 is 4.74 Å². The Bertz CT molecular complexity index is 599. The maximum atomic E-state index is 11.5. The van der Waals surface area contributed by atoms with Crippen molar-refractivity contribution in [2.45, 2.75) is 24.2 Å². The van der Waals surface area contributed by atoms with E-state index in [-0.39, 0.29) is 22.3 Å². The minimum absolute atomic E-state index is 0.0457. The van der Waals surface area contributed by atoms with Crippen molar-refractivity contribution in [1.29, 1.82) is 5.26 Å². The van der Waals surface area contributed by atoms with E-state index in [0.717, 1.165) is 0 Å². The van der Waals surface area contributed by atoms with E-state index in [1.165, 1.54) is 12.1 Å². The Labute approximate surface area is 125 Å². The number of hydrogen-bond acceptors (Lipinski definition) is 4. The summed E-state index contributed by atoms with van der Waals surface area (Å²) in [7, 11) is -3.92. The predicted octanol–water partition coefficient (Wildman–Crippen LogP) is 2.82. The average molecular weight is 368 g/mol. The molecule has 104 valence electrons. The topological polar surface area (TPSA) is 93.2 Å². The molecule has 0 aliphatic carbocycles. The molecule has 0 radical (unpaired) electrons. The van der Waals surface area contributed by atoms with Gasteiger partial charge in [0.2, 0.25) is 10.0 Å². The van der Waals surface area contributed by atoms with Gasteiger partial charge in [0.05, 0.1) is 17.7 Å². The van der Waals surface area contributed by atoms with E-state index < -0.39 is 10.0 Å². The van der Waals surface area contributed by atoms with Crippen LogP contribution in [0.4, 0.5) is 0 Å². The molecule has 1 aromatic rings. The SMILES string of the molecule is N#CCCCCOc1c(Cl)cc(Br)cc1S(N)(=O)=O. The maximum Gasteiger partial charge on any atom is 0.241 e. The zero-order chi connectivity index (χ0) is 14.5. The fraction of sp³-hybridized carbons (Fsp3) is 0.364. The van der Waals surface area contributed by atoms with Gasteiger partial charge in [-0.05, 0) is 25.0 Å². The van der Waals surface area contributed by atoms with E-state index >= 15 is 0 Å². The molecule has 5 nitrogen and oxygen atoms in total. The molecule has 0 saturated heterocycles. The van der Waals surface area contributed by atoms with Gasteiger partial charge in [-0.15, -0.1) is 0 Å². The normalized spacial score (nSPS) is 11.1. The summed E-state index contributed by atoms with van der Waals surface area (Å²) in [5.41, 5.74) is 0. The minimum Gasteiger partial charge on any atom is -0.491 e. The molecular weight excluding hydrogens is 356 g/mol. The number of nitriles is 1. The lowest BCUT2D eigenvalue weighted by atomic mass is 10.2. The van der Waals surface area contributed by atoms with Gasteiger partial charge in [0, 0.05) is 10.9 Å². The summed E-state index contributed by atoms with van der Waals surface area (Å²) in [6, 6.07) is 4.88. The number of primary sulfonamides is 1. The monoisotopic (exact) mass is 366 g/mol. The van der Waals surface area contributed by atoms with Gasteiger partial charge in [0.25, 0.3) is 0 Å². The van der Waals surface area contributed by atoms with Crippen molar-refractivity contribution >= 4 is 37.6 Å². The third-order valence-corrected chi connectivity index (χ3v) is 3.87. The Morgan fingerprint density at radius 1 is 1.42 bits per heavy atom. The number of sulfonamides is 1. The first-order chi connectivity index (χ1) is 8.86. The first-order valence-corrected chi connectivity index (χ1v) is 8.09. The molecule has 0 amide bonds. The third kappa shape index (κ3) is 4.99. The number of hydrogen-bond donors (Lipinski definition) is 1. The second-order valence-corrected chi connectivity index (χ2v) is 6.58. The van der Waals surface area contributed by atoms with Crippen molar-refractivity contribution < 1.29 is 13.2 Å². The van der Waals surface area contributed by atoms with Crippen molar-refractivity contribution in [2.24, 2.45) is 5.14 Å². The lowest BCUT2D eigenvalue weighted by Crippen LogP contribution is -2.14. The van der Waals surface area contributed by atoms with Crippen LogP contribution in [-0.4, -0.2) is 15.0 Å². The van der Waals surface area contributed by atoms with Crippen LogP contribution in [0.15, 0.2) is 21.5 Å². The number of halogens is 2. The number of rotatable bonds is 6. The summed E-state index contributed by atoms with van der Waals surface area (Å²) >= 11 is 9.10. The molecule has 0 bridgehead atoms. The predicted molar refractivity (Wildman–Crippen MR) is 75.5 cm³/mol. The van der Waals surface area contributed by atoms with Crippen molar-refractivity contribution in [3.63, 3.8) is 0 Å². The molecule has 0 spiro atoms. The van der Waals surface area contributed by atoms with Gasteiger partial charge in [-0.25, -0.2) is 13.6 Å². The highest BCUT2D eigenvalue weighted by molar-refractivity contribution is 9.10. The molecule has 0 saturated carbocycles. The second kappa shape index (κ2) is 7.10. The van der Waals surface area contributed by atoms with Crippen molar-refractivity contribution in [3.8, 4) is 11.8 Å². The highest BCUT2D eigenvalue weighted by atomic mass is 79.9. The number of unbranched alkanes of at least 4 members (excludes halogenated alkanes) is 2. The van der Waals surface area contributed by atoms with Crippen molar-refractivity contribution in [2.75, 3.05) is 6.61 Å². The van der Waals surface area contributed by atoms with E-state index in [1.807, 2.05) is 6.07 Å². The lowest BCUT2D eigenvalue weighted by Gasteiger charge is -2.12. The van der Waals surface area contributed by atoms with Crippen LogP contribution < -0.4 is 9.88 Å². The molecule has 0 heterocycles. The largest absolute Gasteiger partial charge is 0.491 e. The van der Waals surface area contributed by atoms with E-state index in [1.54, 1.807) is 0 Å². The molecule has 0 fully saturated rings. The number of ether oxygens (including phenoxy) is 1. The standard InChI is InChI=1S/C11H12BrClN2O3S/c12-8-6-9(13)11(10(7-8)19(15,16)17)18-5-3-1-2-4-14/h6-7H,1-3,5H2,(H2,15,16,17). The van der Waals surface area contributed by atoms with Crippen LogP contribution in [0.3, 0.4) is 0 Å². The van der Waals surface area contributed by atoms with Crippen molar-refractivity contribution in [3.05, 3.63) is 21.6 Å². The van der Waals surface area contributed by atoms with Crippen LogP contribution in [-0.2, 0) is 10.0 Å². The smallest absolute Gasteiger partial charge is 0.241 e. The quantitative estimate of drug-likeness (QED) is 0.782. The molecule has 0 aliphatic heterocycles. The van der Waals surface area contributed by atoms with Crippen LogP contribution in [0.1, 0.15) is 19.3 Å². The Morgan fingerprint density at radius 2 is 2.11 bits per heavy atom. The number of nitrogens with zero attached hydrogens (tertiary/aromatic N) is 1. The first-order valence-electron chi connectivity index (χ1n) is 5.38. The lowest BCUT2D eigenvalue weighted by molar-refractivity contribution is 0.300. The van der Waals surface area contributed by atoms with Gasteiger partial charge in [-0.3, -0.25) is 0 Å². The summed E-state index contributed by atoms with van der Waals surface area (Å²) in [5.74, 6) is 0.0457. The van der Waals surface area contributed by atoms with Crippen LogP contribution in [0.2, 0.25) is 5.02 Å². The molecule has 1 aromatic carbocycles. The summed E-state index contributed by atoms with van der Waals surface area (Å²) in [6.45, 7) is 0.269. The molecule has 2 N–H and O–H groups in total. The Hall–Kier alpha value is -0.810. The Morgan fingerprint density at radius 3 is 2.68 bits per heavy atom. The van der Waals surface area contributed by atoms with E-state index in [4.69, 9.17) is 26.7 Å². The molecule has 0 aliphatic rings. The molecule has 1 rings (SSSR count). The van der Waals surface area contributed by atoms with Crippen LogP contribution in [0, 0.1) is 11.3 Å². The fourth-order valence-electron chi connectivity index (χ4n) is 1.37. The van der Waals surface area contributed by atoms with Crippen LogP contribution in [0.5, 0.6) is 5.75 Å². The van der Waals surface area contributed by atoms with E-state index in [2.05, 4.69) is 15.9 Å². The van der Waals surface area contributed by atoms with Gasteiger partial charge in [0.15, 0.2) is 5.75 Å². The molecule has 0 atom stereocenters. The summed E-state index contributed by atoms with van der Waals surface area (Å²) in [4.78, 5) is -0.160. The fourth-order valence-corrected chi connectivity index (χ4v) is 3.16. The number of benzene rings is 1. The maximum absolute atomic E-state index is 11.5. The average Bonchev–Trinajstić information content (AvgIpc) is 2.29.